The van der Waals surface area contributed by atoms with E-state index in [1.807, 2.05) is 14.0 Å². The Morgan fingerprint density at radius 2 is 1.23 bits per heavy atom. The SMILES string of the molecule is CN[C@@H](C)C(=O)NC(C1CCCCC1)C1(N2CCC[C@H]2CN(CCCCN(C[C@@H]2CCCN2C(=O)C(NC(=O)[C@H](N)NC)C2CCCCC2)C2CCc3ccccc32)C2CCc3ccccc32)CO1. The maximum absolute atomic E-state index is 14.8. The van der Waals surface area contributed by atoms with Crippen LogP contribution in [0.1, 0.15) is 157 Å². The molecule has 0 spiro atoms. The molecule has 2 aromatic rings. The molecule has 3 saturated heterocycles. The Bertz CT molecular complexity index is 2020. The molecule has 0 bridgehead atoms. The summed E-state index contributed by atoms with van der Waals surface area (Å²) >= 11 is 0. The van der Waals surface area contributed by atoms with E-state index in [2.05, 4.69) is 89.4 Å². The lowest BCUT2D eigenvalue weighted by Crippen LogP contribution is -2.62. The van der Waals surface area contributed by atoms with Gasteiger partial charge in [-0.15, -0.1) is 0 Å². The van der Waals surface area contributed by atoms with Crippen LogP contribution in [-0.2, 0) is 32.0 Å². The third kappa shape index (κ3) is 11.5. The lowest BCUT2D eigenvalue weighted by molar-refractivity contribution is -0.140. The molecule has 13 nitrogen and oxygen atoms in total. The van der Waals surface area contributed by atoms with Gasteiger partial charge in [0.2, 0.25) is 11.8 Å². The molecule has 13 heteroatoms. The maximum Gasteiger partial charge on any atom is 0.252 e. The predicted molar refractivity (Wildman–Crippen MR) is 273 cm³/mol. The number of nitrogens with one attached hydrogen (secondary N) is 4. The Hall–Kier alpha value is -3.43. The average Bonchev–Trinajstić information content (AvgIpc) is 3.83. The van der Waals surface area contributed by atoms with E-state index in [9.17, 15) is 14.4 Å². The van der Waals surface area contributed by atoms with Crippen molar-refractivity contribution in [1.29, 1.82) is 0 Å². The third-order valence-electron chi connectivity index (χ3n) is 18.1. The molecule has 3 aliphatic heterocycles. The molecule has 5 unspecified atom stereocenters. The monoisotopic (exact) mass is 950 g/mol. The number of epoxide rings is 1. The van der Waals surface area contributed by atoms with E-state index in [0.717, 1.165) is 142 Å². The van der Waals surface area contributed by atoms with Gasteiger partial charge in [-0.3, -0.25) is 34.4 Å². The minimum atomic E-state index is -0.846. The van der Waals surface area contributed by atoms with Gasteiger partial charge in [0.15, 0.2) is 5.72 Å². The van der Waals surface area contributed by atoms with E-state index < -0.39 is 17.9 Å². The number of hydrogen-bond acceptors (Lipinski definition) is 10. The Balaban J connectivity index is 0.915. The first-order valence-electron chi connectivity index (χ1n) is 27.7. The van der Waals surface area contributed by atoms with Crippen LogP contribution in [0.3, 0.4) is 0 Å². The molecule has 4 aliphatic carbocycles. The number of fused-ring (bicyclic) bond motifs is 2. The number of hydrogen-bond donors (Lipinski definition) is 5. The summed E-state index contributed by atoms with van der Waals surface area (Å²) in [7, 11) is 3.56. The highest BCUT2D eigenvalue weighted by Gasteiger charge is 2.61. The number of benzene rings is 2. The van der Waals surface area contributed by atoms with Crippen molar-refractivity contribution in [2.75, 3.05) is 60.0 Å². The fraction of sp³-hybridized carbons (Fsp3) is 0.732. The van der Waals surface area contributed by atoms with Crippen molar-refractivity contribution >= 4 is 17.7 Å². The van der Waals surface area contributed by atoms with Crippen molar-refractivity contribution in [1.82, 2.24) is 40.9 Å². The zero-order chi connectivity index (χ0) is 47.9. The van der Waals surface area contributed by atoms with Crippen LogP contribution >= 0.6 is 0 Å². The van der Waals surface area contributed by atoms with Crippen molar-refractivity contribution < 1.29 is 19.1 Å². The summed E-state index contributed by atoms with van der Waals surface area (Å²) in [5, 5.41) is 12.8. The minimum absolute atomic E-state index is 0.00583. The van der Waals surface area contributed by atoms with E-state index in [0.29, 0.717) is 30.7 Å². The van der Waals surface area contributed by atoms with Crippen molar-refractivity contribution in [3.05, 3.63) is 70.8 Å². The number of amides is 3. The summed E-state index contributed by atoms with van der Waals surface area (Å²) in [5.74, 6) is 0.425. The molecule has 3 amide bonds. The standard InChI is InChI=1S/C56H87N9O4/c1-39(58-2)53(66)61-51(43-22-8-5-9-23-43)56(38-69-56)65-35-17-25-45(65)37-63(49-31-29-41-19-11-13-27-47(41)49)33-15-14-32-62(48-30-28-40-18-10-12-26-46(40)48)36-44-24-16-34-64(44)55(68)50(42-20-6-4-7-21-42)60-54(67)52(57)59-3/h10-13,18-19,26-27,39,42-45,48-52,58-59H,4-9,14-17,20-25,28-38,57H2,1-3H3,(H,60,67)(H,61,66)/t39-,44-,45-,48?,49?,50?,51?,52+,56?/m0/s1. The van der Waals surface area contributed by atoms with Crippen LogP contribution < -0.4 is 27.0 Å². The fourth-order valence-corrected chi connectivity index (χ4v) is 14.1. The summed E-state index contributed by atoms with van der Waals surface area (Å²) in [6, 6.07) is 18.5. The molecule has 7 aliphatic rings. The lowest BCUT2D eigenvalue weighted by atomic mass is 9.80. The van der Waals surface area contributed by atoms with Gasteiger partial charge in [-0.25, -0.2) is 0 Å². The first kappa shape index (κ1) is 50.5. The van der Waals surface area contributed by atoms with E-state index in [4.69, 9.17) is 10.5 Å². The number of rotatable bonds is 22. The maximum atomic E-state index is 14.8. The summed E-state index contributed by atoms with van der Waals surface area (Å²) in [6.07, 6.45) is 21.4. The molecule has 5 fully saturated rings. The second kappa shape index (κ2) is 23.4. The van der Waals surface area contributed by atoms with Gasteiger partial charge in [-0.2, -0.15) is 0 Å². The smallest absolute Gasteiger partial charge is 0.252 e. The van der Waals surface area contributed by atoms with Crippen LogP contribution in [0, 0.1) is 11.8 Å². The topological polar surface area (TPSA) is 151 Å². The van der Waals surface area contributed by atoms with Crippen molar-refractivity contribution in [3.63, 3.8) is 0 Å². The van der Waals surface area contributed by atoms with Gasteiger partial charge in [0.25, 0.3) is 5.91 Å². The molecule has 6 N–H and O–H groups in total. The van der Waals surface area contributed by atoms with Crippen LogP contribution in [0.2, 0.25) is 0 Å². The number of aryl methyl sites for hydroxylation is 2. The second-order valence-electron chi connectivity index (χ2n) is 22.2. The van der Waals surface area contributed by atoms with Crippen LogP contribution in [-0.4, -0.2) is 139 Å². The molecule has 0 radical (unpaired) electrons. The number of likely N-dealkylation sites (tertiary alicyclic amines) is 2. The number of likely N-dealkylation sites (N-methyl/N-ethyl adjacent to an activating group) is 2. The van der Waals surface area contributed by atoms with E-state index >= 15 is 0 Å². The van der Waals surface area contributed by atoms with Crippen LogP contribution in [0.25, 0.3) is 0 Å². The summed E-state index contributed by atoms with van der Waals surface area (Å²) in [4.78, 5) is 52.1. The largest absolute Gasteiger partial charge is 0.351 e. The van der Waals surface area contributed by atoms with Gasteiger partial charge in [-0.1, -0.05) is 87.1 Å². The van der Waals surface area contributed by atoms with Gasteiger partial charge in [0.05, 0.1) is 18.7 Å². The Kier molecular flexibility index (Phi) is 17.1. The Morgan fingerprint density at radius 1 is 0.681 bits per heavy atom. The first-order chi connectivity index (χ1) is 33.7. The zero-order valence-corrected chi connectivity index (χ0v) is 42.5. The van der Waals surface area contributed by atoms with Gasteiger partial charge in [-0.05, 0) is 158 Å². The number of ether oxygens (including phenoxy) is 1. The molecule has 380 valence electrons. The molecular weight excluding hydrogens is 863 g/mol. The van der Waals surface area contributed by atoms with E-state index in [-0.39, 0.29) is 41.8 Å². The molecule has 2 saturated carbocycles. The molecule has 0 aromatic heterocycles. The molecule has 69 heavy (non-hydrogen) atoms. The number of nitrogens with two attached hydrogens (primary N) is 1. The first-order valence-corrected chi connectivity index (χ1v) is 27.7. The second-order valence-corrected chi connectivity index (χ2v) is 22.2. The van der Waals surface area contributed by atoms with E-state index in [1.54, 1.807) is 7.05 Å². The zero-order valence-electron chi connectivity index (χ0n) is 42.5. The van der Waals surface area contributed by atoms with Crippen molar-refractivity contribution in [2.24, 2.45) is 17.6 Å². The number of carbonyl (C=O) groups is 3. The van der Waals surface area contributed by atoms with E-state index in [1.165, 1.54) is 47.9 Å². The fourth-order valence-electron chi connectivity index (χ4n) is 14.1. The highest BCUT2D eigenvalue weighted by molar-refractivity contribution is 5.90. The van der Waals surface area contributed by atoms with Crippen LogP contribution in [0.5, 0.6) is 0 Å². The van der Waals surface area contributed by atoms with Crippen molar-refractivity contribution in [2.45, 2.75) is 190 Å². The third-order valence-corrected chi connectivity index (χ3v) is 18.1. The minimum Gasteiger partial charge on any atom is -0.351 e. The van der Waals surface area contributed by atoms with Gasteiger partial charge in [0.1, 0.15) is 12.2 Å². The molecule has 2 aromatic carbocycles. The molecule has 3 heterocycles. The average molecular weight is 950 g/mol. The number of nitrogens with zero attached hydrogens (tertiary/aromatic N) is 4. The highest BCUT2D eigenvalue weighted by Crippen LogP contribution is 2.47. The van der Waals surface area contributed by atoms with Crippen LogP contribution in [0.4, 0.5) is 0 Å². The summed E-state index contributed by atoms with van der Waals surface area (Å²) in [5.41, 5.74) is 11.6. The van der Waals surface area contributed by atoms with Gasteiger partial charge >= 0.3 is 0 Å². The number of unbranched alkanes of at least 4 members (excludes halogenated alkanes) is 1. The van der Waals surface area contributed by atoms with Crippen LogP contribution in [0.15, 0.2) is 48.5 Å². The molecule has 9 atom stereocenters. The Morgan fingerprint density at radius 3 is 1.81 bits per heavy atom. The highest BCUT2D eigenvalue weighted by atomic mass is 16.6. The normalized spacial score (nSPS) is 28.1. The number of carbonyl (C=O) groups excluding carboxylic acids is 3. The Labute approximate surface area is 414 Å². The van der Waals surface area contributed by atoms with Gasteiger partial charge < -0.3 is 31.3 Å². The lowest BCUT2D eigenvalue weighted by Gasteiger charge is -2.43. The van der Waals surface area contributed by atoms with Gasteiger partial charge in [0, 0.05) is 50.3 Å². The molecular formula is C56H87N9O4. The summed E-state index contributed by atoms with van der Waals surface area (Å²) < 4.78 is 6.67. The quantitative estimate of drug-likeness (QED) is 0.0527. The predicted octanol–water partition coefficient (Wildman–Crippen LogP) is 6.17. The summed E-state index contributed by atoms with van der Waals surface area (Å²) in [6.45, 7) is 8.25. The van der Waals surface area contributed by atoms with Crippen molar-refractivity contribution in [3.8, 4) is 0 Å². The molecule has 9 rings (SSSR count).